The van der Waals surface area contributed by atoms with Crippen LogP contribution in [0.5, 0.6) is 5.75 Å². The maximum atomic E-state index is 12.6. The highest BCUT2D eigenvalue weighted by molar-refractivity contribution is 8.18. The normalized spacial score (nSPS) is 15.6. The molecule has 1 fully saturated rings. The molecule has 34 heavy (non-hydrogen) atoms. The minimum atomic E-state index is -0.364. The molecule has 2 aromatic carbocycles. The van der Waals surface area contributed by atoms with E-state index in [-0.39, 0.29) is 11.9 Å². The number of ether oxygens (including phenoxy) is 2. The molecule has 0 saturated carbocycles. The summed E-state index contributed by atoms with van der Waals surface area (Å²) in [5.41, 5.74) is 6.12. The SMILES string of the molecule is COC(=O)c1ccc(-n2c(C)cc(/C=C3/SC(=Nc4ccc(OC)cc4)NC3=O)c2C)c(C)c1. The van der Waals surface area contributed by atoms with Gasteiger partial charge in [-0.2, -0.15) is 0 Å². The van der Waals surface area contributed by atoms with Crippen LogP contribution in [0.15, 0.2) is 58.4 Å². The van der Waals surface area contributed by atoms with Gasteiger partial charge in [0.15, 0.2) is 5.17 Å². The summed E-state index contributed by atoms with van der Waals surface area (Å²) in [6.07, 6.45) is 1.88. The van der Waals surface area contributed by atoms with E-state index in [1.807, 2.05) is 69.3 Å². The van der Waals surface area contributed by atoms with Crippen molar-refractivity contribution in [3.63, 3.8) is 0 Å². The molecule has 4 rings (SSSR count). The first kappa shape index (κ1) is 23.4. The second-order valence-corrected chi connectivity index (χ2v) is 8.87. The number of aromatic nitrogens is 1. The van der Waals surface area contributed by atoms with Crippen molar-refractivity contribution in [2.75, 3.05) is 14.2 Å². The average Bonchev–Trinajstić information content (AvgIpc) is 3.31. The summed E-state index contributed by atoms with van der Waals surface area (Å²) in [6.45, 7) is 5.99. The van der Waals surface area contributed by atoms with E-state index in [0.29, 0.717) is 15.6 Å². The molecule has 7 nitrogen and oxygen atoms in total. The lowest BCUT2D eigenvalue weighted by Crippen LogP contribution is -2.19. The number of nitrogens with zero attached hydrogens (tertiary/aromatic N) is 2. The Hall–Kier alpha value is -3.78. The van der Waals surface area contributed by atoms with Gasteiger partial charge in [0.05, 0.1) is 30.4 Å². The van der Waals surface area contributed by atoms with E-state index in [1.165, 1.54) is 18.9 Å². The molecular weight excluding hydrogens is 450 g/mol. The van der Waals surface area contributed by atoms with E-state index in [9.17, 15) is 9.59 Å². The third-order valence-corrected chi connectivity index (χ3v) is 6.48. The summed E-state index contributed by atoms with van der Waals surface area (Å²) in [5.74, 6) is 0.205. The topological polar surface area (TPSA) is 81.9 Å². The molecule has 1 aliphatic rings. The standard InChI is InChI=1S/C26H25N3O4S/c1-15-12-18(25(31)33-5)6-11-22(15)29-16(2)13-19(17(29)3)14-23-24(30)28-26(34-23)27-20-7-9-21(32-4)10-8-20/h6-14H,1-5H3,(H,27,28,30)/b23-14+. The summed E-state index contributed by atoms with van der Waals surface area (Å²) in [6, 6.07) is 14.9. The lowest BCUT2D eigenvalue weighted by Gasteiger charge is -2.14. The van der Waals surface area contributed by atoms with Crippen molar-refractivity contribution in [1.29, 1.82) is 0 Å². The van der Waals surface area contributed by atoms with Crippen LogP contribution >= 0.6 is 11.8 Å². The number of aryl methyl sites for hydroxylation is 2. The van der Waals surface area contributed by atoms with Crippen LogP contribution in [0.3, 0.4) is 0 Å². The van der Waals surface area contributed by atoms with E-state index in [4.69, 9.17) is 9.47 Å². The molecule has 1 N–H and O–H groups in total. The van der Waals surface area contributed by atoms with Gasteiger partial charge >= 0.3 is 5.97 Å². The summed E-state index contributed by atoms with van der Waals surface area (Å²) in [4.78, 5) is 29.5. The number of carbonyl (C=O) groups is 2. The van der Waals surface area contributed by atoms with Gasteiger partial charge in [-0.3, -0.25) is 4.79 Å². The van der Waals surface area contributed by atoms with E-state index in [2.05, 4.69) is 14.9 Å². The minimum Gasteiger partial charge on any atom is -0.497 e. The number of methoxy groups -OCH3 is 2. The summed E-state index contributed by atoms with van der Waals surface area (Å²) in [5, 5.41) is 3.36. The van der Waals surface area contributed by atoms with Crippen LogP contribution < -0.4 is 10.1 Å². The van der Waals surface area contributed by atoms with Crippen LogP contribution in [0.2, 0.25) is 0 Å². The van der Waals surface area contributed by atoms with Gasteiger partial charge in [0.2, 0.25) is 0 Å². The van der Waals surface area contributed by atoms with E-state index < -0.39 is 0 Å². The molecule has 1 saturated heterocycles. The number of rotatable bonds is 5. The number of nitrogens with one attached hydrogen (secondary N) is 1. The Morgan fingerprint density at radius 2 is 1.79 bits per heavy atom. The molecule has 0 atom stereocenters. The van der Waals surface area contributed by atoms with Gasteiger partial charge < -0.3 is 19.4 Å². The minimum absolute atomic E-state index is 0.180. The number of benzene rings is 2. The first-order valence-corrected chi connectivity index (χ1v) is 11.4. The molecule has 0 unspecified atom stereocenters. The fraction of sp³-hybridized carbons (Fsp3) is 0.192. The van der Waals surface area contributed by atoms with Gasteiger partial charge in [0.1, 0.15) is 5.75 Å². The second-order valence-electron chi connectivity index (χ2n) is 7.83. The smallest absolute Gasteiger partial charge is 0.337 e. The Kier molecular flexibility index (Phi) is 6.61. The first-order chi connectivity index (χ1) is 16.3. The van der Waals surface area contributed by atoms with Crippen LogP contribution in [0.1, 0.15) is 32.9 Å². The van der Waals surface area contributed by atoms with Crippen molar-refractivity contribution < 1.29 is 19.1 Å². The fourth-order valence-corrected chi connectivity index (χ4v) is 4.68. The number of aliphatic imine (C=N–C) groups is 1. The van der Waals surface area contributed by atoms with Crippen molar-refractivity contribution in [2.45, 2.75) is 20.8 Å². The number of hydrogen-bond donors (Lipinski definition) is 1. The third-order valence-electron chi connectivity index (χ3n) is 5.57. The van der Waals surface area contributed by atoms with Gasteiger partial charge in [-0.15, -0.1) is 0 Å². The Labute approximate surface area is 202 Å². The quantitative estimate of drug-likeness (QED) is 0.411. The number of amides is 1. The number of amidine groups is 1. The zero-order valence-electron chi connectivity index (χ0n) is 19.6. The van der Waals surface area contributed by atoms with Gasteiger partial charge in [0.25, 0.3) is 5.91 Å². The molecule has 0 radical (unpaired) electrons. The van der Waals surface area contributed by atoms with Gasteiger partial charge in [0, 0.05) is 17.1 Å². The Morgan fingerprint density at radius 1 is 1.06 bits per heavy atom. The lowest BCUT2D eigenvalue weighted by molar-refractivity contribution is -0.115. The van der Waals surface area contributed by atoms with Crippen molar-refractivity contribution >= 4 is 40.6 Å². The molecule has 1 aromatic heterocycles. The lowest BCUT2D eigenvalue weighted by atomic mass is 10.1. The molecule has 3 aromatic rings. The van der Waals surface area contributed by atoms with Gasteiger partial charge in [-0.05, 0) is 98.3 Å². The van der Waals surface area contributed by atoms with Crippen LogP contribution in [0, 0.1) is 20.8 Å². The molecule has 174 valence electrons. The zero-order valence-corrected chi connectivity index (χ0v) is 20.4. The van der Waals surface area contributed by atoms with Crippen molar-refractivity contribution in [1.82, 2.24) is 9.88 Å². The fourth-order valence-electron chi connectivity index (χ4n) is 3.85. The monoisotopic (exact) mass is 475 g/mol. The Morgan fingerprint density at radius 3 is 2.44 bits per heavy atom. The largest absolute Gasteiger partial charge is 0.497 e. The van der Waals surface area contributed by atoms with Gasteiger partial charge in [-0.25, -0.2) is 9.79 Å². The number of hydrogen-bond acceptors (Lipinski definition) is 6. The molecule has 0 aliphatic carbocycles. The molecule has 0 spiro atoms. The molecule has 0 bridgehead atoms. The van der Waals surface area contributed by atoms with E-state index in [0.717, 1.165) is 39.6 Å². The molecule has 8 heteroatoms. The summed E-state index contributed by atoms with van der Waals surface area (Å²) in [7, 11) is 2.98. The summed E-state index contributed by atoms with van der Waals surface area (Å²) < 4.78 is 12.1. The predicted molar refractivity (Wildman–Crippen MR) is 135 cm³/mol. The van der Waals surface area contributed by atoms with Gasteiger partial charge in [-0.1, -0.05) is 0 Å². The number of thioether (sulfide) groups is 1. The Balaban J connectivity index is 1.62. The second kappa shape index (κ2) is 9.61. The van der Waals surface area contributed by atoms with Crippen LogP contribution in [0.25, 0.3) is 11.8 Å². The van der Waals surface area contributed by atoms with Crippen LogP contribution in [-0.4, -0.2) is 35.8 Å². The number of carbonyl (C=O) groups excluding carboxylic acids is 2. The zero-order chi connectivity index (χ0) is 24.4. The summed E-state index contributed by atoms with van der Waals surface area (Å²) >= 11 is 1.31. The Bertz CT molecular complexity index is 1340. The first-order valence-electron chi connectivity index (χ1n) is 10.6. The van der Waals surface area contributed by atoms with Crippen LogP contribution in [-0.2, 0) is 9.53 Å². The maximum absolute atomic E-state index is 12.6. The van der Waals surface area contributed by atoms with Crippen molar-refractivity contribution in [3.05, 3.63) is 81.5 Å². The molecule has 1 aliphatic heterocycles. The van der Waals surface area contributed by atoms with Crippen molar-refractivity contribution in [2.24, 2.45) is 4.99 Å². The molecule has 2 heterocycles. The third kappa shape index (κ3) is 4.63. The molecular formula is C26H25N3O4S. The highest BCUT2D eigenvalue weighted by atomic mass is 32.2. The van der Waals surface area contributed by atoms with E-state index in [1.54, 1.807) is 13.2 Å². The predicted octanol–water partition coefficient (Wildman–Crippen LogP) is 5.09. The highest BCUT2D eigenvalue weighted by Crippen LogP contribution is 2.31. The van der Waals surface area contributed by atoms with Crippen molar-refractivity contribution in [3.8, 4) is 11.4 Å². The average molecular weight is 476 g/mol. The number of esters is 1. The van der Waals surface area contributed by atoms with Crippen LogP contribution in [0.4, 0.5) is 5.69 Å². The molecule has 1 amide bonds. The maximum Gasteiger partial charge on any atom is 0.337 e. The highest BCUT2D eigenvalue weighted by Gasteiger charge is 2.25. The van der Waals surface area contributed by atoms with E-state index >= 15 is 0 Å².